The lowest BCUT2D eigenvalue weighted by Crippen LogP contribution is -2.39. The molecule has 0 spiro atoms. The van der Waals surface area contributed by atoms with Gasteiger partial charge in [0.2, 0.25) is 0 Å². The van der Waals surface area contributed by atoms with Crippen molar-refractivity contribution in [1.29, 1.82) is 0 Å². The third-order valence-corrected chi connectivity index (χ3v) is 4.71. The Morgan fingerprint density at radius 3 is 2.20 bits per heavy atom. The number of likely N-dealkylation sites (N-methyl/N-ethyl adjacent to an activating group) is 1. The van der Waals surface area contributed by atoms with Gasteiger partial charge in [-0.25, -0.2) is 0 Å². The van der Waals surface area contributed by atoms with Crippen LogP contribution >= 0.6 is 0 Å². The summed E-state index contributed by atoms with van der Waals surface area (Å²) >= 11 is 0. The van der Waals surface area contributed by atoms with Crippen LogP contribution in [0.5, 0.6) is 0 Å². The Morgan fingerprint density at radius 1 is 1.00 bits per heavy atom. The number of nitrogens with one attached hydrogen (secondary N) is 1. The molecule has 2 aromatic rings. The van der Waals surface area contributed by atoms with E-state index in [1.54, 1.807) is 0 Å². The molecule has 1 unspecified atom stereocenters. The molecule has 0 bridgehead atoms. The minimum absolute atomic E-state index is 0.348. The van der Waals surface area contributed by atoms with Crippen molar-refractivity contribution in [2.24, 2.45) is 0 Å². The summed E-state index contributed by atoms with van der Waals surface area (Å²) in [5.74, 6) is 0. The van der Waals surface area contributed by atoms with E-state index in [9.17, 15) is 0 Å². The van der Waals surface area contributed by atoms with Crippen LogP contribution in [0.1, 0.15) is 29.5 Å². The molecule has 1 saturated carbocycles. The van der Waals surface area contributed by atoms with Crippen LogP contribution in [0.15, 0.2) is 54.6 Å². The zero-order chi connectivity index (χ0) is 14.0. The maximum absolute atomic E-state index is 3.57. The summed E-state index contributed by atoms with van der Waals surface area (Å²) in [7, 11) is 2.10. The second kappa shape index (κ2) is 5.41. The van der Waals surface area contributed by atoms with Crippen molar-refractivity contribution < 1.29 is 0 Å². The van der Waals surface area contributed by atoms with E-state index in [1.165, 1.54) is 29.5 Å². The van der Waals surface area contributed by atoms with E-state index in [1.807, 2.05) is 0 Å². The van der Waals surface area contributed by atoms with Gasteiger partial charge in [-0.1, -0.05) is 60.2 Å². The number of hydrogen-bond acceptors (Lipinski definition) is 1. The first-order chi connectivity index (χ1) is 9.74. The average molecular weight is 265 g/mol. The van der Waals surface area contributed by atoms with Crippen LogP contribution in [0, 0.1) is 6.92 Å². The molecule has 1 aliphatic rings. The van der Waals surface area contributed by atoms with E-state index < -0.39 is 0 Å². The van der Waals surface area contributed by atoms with Crippen molar-refractivity contribution in [3.63, 3.8) is 0 Å². The summed E-state index contributed by atoms with van der Waals surface area (Å²) in [4.78, 5) is 0. The maximum Gasteiger partial charge on any atom is 0.0201 e. The molecule has 2 aromatic carbocycles. The minimum atomic E-state index is 0.348. The molecule has 1 nitrogen and oxygen atoms in total. The molecule has 1 aliphatic carbocycles. The summed E-state index contributed by atoms with van der Waals surface area (Å²) in [6.45, 7) is 2.14. The molecule has 1 fully saturated rings. The topological polar surface area (TPSA) is 12.0 Å². The van der Waals surface area contributed by atoms with Crippen LogP contribution in [0.2, 0.25) is 0 Å². The highest BCUT2D eigenvalue weighted by molar-refractivity contribution is 5.35. The van der Waals surface area contributed by atoms with Gasteiger partial charge in [-0.3, -0.25) is 0 Å². The van der Waals surface area contributed by atoms with E-state index >= 15 is 0 Å². The molecule has 104 valence electrons. The first kappa shape index (κ1) is 13.4. The second-order valence-electron chi connectivity index (χ2n) is 6.05. The van der Waals surface area contributed by atoms with Crippen LogP contribution in [-0.4, -0.2) is 13.1 Å². The third kappa shape index (κ3) is 2.51. The highest BCUT2D eigenvalue weighted by Crippen LogP contribution is 2.51. The predicted molar refractivity (Wildman–Crippen MR) is 85.1 cm³/mol. The molecule has 20 heavy (non-hydrogen) atoms. The molecule has 0 aromatic heterocycles. The third-order valence-electron chi connectivity index (χ3n) is 4.71. The first-order valence-electron chi connectivity index (χ1n) is 7.53. The summed E-state index contributed by atoms with van der Waals surface area (Å²) in [6.07, 6.45) is 3.70. The molecule has 1 heteroatoms. The first-order valence-corrected chi connectivity index (χ1v) is 7.53. The largest absolute Gasteiger partial charge is 0.316 e. The SMILES string of the molecule is CNC(Cc1ccc(C)cc1)C1(c2ccccc2)CC1. The van der Waals surface area contributed by atoms with Gasteiger partial charge in [0.15, 0.2) is 0 Å². The van der Waals surface area contributed by atoms with E-state index in [0.717, 1.165) is 6.42 Å². The van der Waals surface area contributed by atoms with Gasteiger partial charge in [0.25, 0.3) is 0 Å². The minimum Gasteiger partial charge on any atom is -0.316 e. The normalized spacial score (nSPS) is 17.7. The molecule has 0 aliphatic heterocycles. The monoisotopic (exact) mass is 265 g/mol. The molecule has 0 amide bonds. The zero-order valence-corrected chi connectivity index (χ0v) is 12.4. The molecular weight excluding hydrogens is 242 g/mol. The van der Waals surface area contributed by atoms with Gasteiger partial charge in [0.1, 0.15) is 0 Å². The Balaban J connectivity index is 1.82. The van der Waals surface area contributed by atoms with Gasteiger partial charge < -0.3 is 5.32 Å². The summed E-state index contributed by atoms with van der Waals surface area (Å²) < 4.78 is 0. The second-order valence-corrected chi connectivity index (χ2v) is 6.05. The lowest BCUT2D eigenvalue weighted by atomic mass is 9.84. The van der Waals surface area contributed by atoms with Crippen LogP contribution in [-0.2, 0) is 11.8 Å². The molecule has 0 heterocycles. The fourth-order valence-corrected chi connectivity index (χ4v) is 3.28. The quantitative estimate of drug-likeness (QED) is 0.865. The van der Waals surface area contributed by atoms with Gasteiger partial charge in [-0.05, 0) is 44.4 Å². The van der Waals surface area contributed by atoms with Crippen LogP contribution in [0.25, 0.3) is 0 Å². The van der Waals surface area contributed by atoms with Crippen molar-refractivity contribution in [2.45, 2.75) is 37.6 Å². The molecular formula is C19H23N. The summed E-state index contributed by atoms with van der Waals surface area (Å²) in [5.41, 5.74) is 4.60. The Hall–Kier alpha value is -1.60. The van der Waals surface area contributed by atoms with Crippen LogP contribution < -0.4 is 5.32 Å². The summed E-state index contributed by atoms with van der Waals surface area (Å²) in [5, 5.41) is 3.57. The summed E-state index contributed by atoms with van der Waals surface area (Å²) in [6, 6.07) is 20.5. The standard InChI is InChI=1S/C19H23N/c1-15-8-10-16(11-9-15)14-18(20-2)19(12-13-19)17-6-4-3-5-7-17/h3-11,18,20H,12-14H2,1-2H3. The predicted octanol–water partition coefficient (Wildman–Crippen LogP) is 3.86. The van der Waals surface area contributed by atoms with E-state index in [4.69, 9.17) is 0 Å². The highest BCUT2D eigenvalue weighted by Gasteiger charge is 2.49. The molecule has 0 saturated heterocycles. The highest BCUT2D eigenvalue weighted by atomic mass is 14.9. The fraction of sp³-hybridized carbons (Fsp3) is 0.368. The molecule has 1 N–H and O–H groups in total. The van der Waals surface area contributed by atoms with Crippen molar-refractivity contribution in [3.8, 4) is 0 Å². The van der Waals surface area contributed by atoms with Crippen molar-refractivity contribution in [2.75, 3.05) is 7.05 Å². The van der Waals surface area contributed by atoms with Gasteiger partial charge in [0.05, 0.1) is 0 Å². The van der Waals surface area contributed by atoms with E-state index in [2.05, 4.69) is 73.9 Å². The van der Waals surface area contributed by atoms with Gasteiger partial charge in [-0.15, -0.1) is 0 Å². The number of aryl methyl sites for hydroxylation is 1. The molecule has 0 radical (unpaired) electrons. The van der Waals surface area contributed by atoms with E-state index in [0.29, 0.717) is 11.5 Å². The number of hydrogen-bond donors (Lipinski definition) is 1. The lowest BCUT2D eigenvalue weighted by molar-refractivity contribution is 0.442. The van der Waals surface area contributed by atoms with E-state index in [-0.39, 0.29) is 0 Å². The fourth-order valence-electron chi connectivity index (χ4n) is 3.28. The Kier molecular flexibility index (Phi) is 3.62. The van der Waals surface area contributed by atoms with Gasteiger partial charge in [0, 0.05) is 11.5 Å². The Labute approximate surface area is 122 Å². The Bertz CT molecular complexity index is 552. The maximum atomic E-state index is 3.57. The van der Waals surface area contributed by atoms with Gasteiger partial charge in [-0.2, -0.15) is 0 Å². The average Bonchev–Trinajstić information content (AvgIpc) is 3.29. The smallest absolute Gasteiger partial charge is 0.0201 e. The lowest BCUT2D eigenvalue weighted by Gasteiger charge is -2.27. The zero-order valence-electron chi connectivity index (χ0n) is 12.4. The number of benzene rings is 2. The molecule has 1 atom stereocenters. The van der Waals surface area contributed by atoms with Crippen LogP contribution in [0.3, 0.4) is 0 Å². The molecule has 3 rings (SSSR count). The van der Waals surface area contributed by atoms with Crippen molar-refractivity contribution in [3.05, 3.63) is 71.3 Å². The van der Waals surface area contributed by atoms with Gasteiger partial charge >= 0.3 is 0 Å². The van der Waals surface area contributed by atoms with Crippen molar-refractivity contribution in [1.82, 2.24) is 5.32 Å². The van der Waals surface area contributed by atoms with Crippen molar-refractivity contribution >= 4 is 0 Å². The van der Waals surface area contributed by atoms with Crippen LogP contribution in [0.4, 0.5) is 0 Å². The number of rotatable bonds is 5. The Morgan fingerprint density at radius 2 is 1.65 bits per heavy atom.